The van der Waals surface area contributed by atoms with Gasteiger partial charge in [-0.3, -0.25) is 0 Å². The average molecular weight is 284 g/mol. The summed E-state index contributed by atoms with van der Waals surface area (Å²) in [6, 6.07) is 10.2. The van der Waals surface area contributed by atoms with Crippen molar-refractivity contribution in [3.8, 4) is 11.1 Å². The number of benzene rings is 2. The molecule has 0 aliphatic rings. The van der Waals surface area contributed by atoms with E-state index in [4.69, 9.17) is 23.2 Å². The van der Waals surface area contributed by atoms with E-state index in [0.717, 1.165) is 5.69 Å². The van der Waals surface area contributed by atoms with Gasteiger partial charge in [0.15, 0.2) is 0 Å². The fourth-order valence-corrected chi connectivity index (χ4v) is 2.11. The molecule has 0 fully saturated rings. The number of hydrogen-bond acceptors (Lipinski definition) is 1. The van der Waals surface area contributed by atoms with Crippen molar-refractivity contribution in [3.05, 3.63) is 52.3 Å². The molecule has 2 aromatic carbocycles. The number of rotatable bonds is 2. The van der Waals surface area contributed by atoms with Crippen LogP contribution in [0.4, 0.5) is 10.1 Å². The molecule has 0 aliphatic carbocycles. The number of halogens is 3. The van der Waals surface area contributed by atoms with Crippen molar-refractivity contribution >= 4 is 28.9 Å². The van der Waals surface area contributed by atoms with E-state index in [1.54, 1.807) is 24.3 Å². The Bertz CT molecular complexity index is 582. The molecular weight excluding hydrogens is 272 g/mol. The van der Waals surface area contributed by atoms with Gasteiger partial charge in [0.05, 0.1) is 10.0 Å². The molecule has 0 atom stereocenters. The van der Waals surface area contributed by atoms with Gasteiger partial charge >= 0.3 is 0 Å². The summed E-state index contributed by atoms with van der Waals surface area (Å²) in [5, 5.41) is 0.793. The van der Waals surface area contributed by atoms with Crippen molar-refractivity contribution in [3.63, 3.8) is 0 Å². The summed E-state index contributed by atoms with van der Waals surface area (Å²) in [6.07, 6.45) is 0. The van der Waals surface area contributed by atoms with Gasteiger partial charge in [-0.1, -0.05) is 35.3 Å². The maximum atomic E-state index is 14.1. The zero-order chi connectivity index (χ0) is 13.3. The maximum Gasteiger partial charge on any atom is 0.133 e. The minimum Gasteiger partial charge on any atom is -0.378 e. The molecule has 0 saturated carbocycles. The number of anilines is 1. The molecule has 0 heterocycles. The summed E-state index contributed by atoms with van der Waals surface area (Å²) < 4.78 is 14.1. The Morgan fingerprint density at radius 1 is 1.00 bits per heavy atom. The van der Waals surface area contributed by atoms with Crippen LogP contribution in [0.1, 0.15) is 0 Å². The molecular formula is C14H12Cl2FN. The van der Waals surface area contributed by atoms with Gasteiger partial charge < -0.3 is 4.90 Å². The molecule has 0 N–H and O–H groups in total. The van der Waals surface area contributed by atoms with Crippen LogP contribution in [0.15, 0.2) is 36.4 Å². The highest BCUT2D eigenvalue weighted by atomic mass is 35.5. The maximum absolute atomic E-state index is 14.1. The molecule has 0 saturated heterocycles. The third-order valence-electron chi connectivity index (χ3n) is 2.71. The van der Waals surface area contributed by atoms with Crippen LogP contribution in [0.2, 0.25) is 10.0 Å². The molecule has 0 spiro atoms. The van der Waals surface area contributed by atoms with E-state index < -0.39 is 0 Å². The molecule has 0 unspecified atom stereocenters. The standard InChI is InChI=1S/C14H12Cl2FN/c1-18(2)9-6-7-10(13(17)8-9)11-4-3-5-12(15)14(11)16/h3-8H,1-2H3. The van der Waals surface area contributed by atoms with Gasteiger partial charge in [0.2, 0.25) is 0 Å². The summed E-state index contributed by atoms with van der Waals surface area (Å²) in [7, 11) is 3.72. The summed E-state index contributed by atoms with van der Waals surface area (Å²) in [4.78, 5) is 1.84. The van der Waals surface area contributed by atoms with Crippen molar-refractivity contribution in [1.82, 2.24) is 0 Å². The fraction of sp³-hybridized carbons (Fsp3) is 0.143. The van der Waals surface area contributed by atoms with E-state index in [0.29, 0.717) is 21.2 Å². The molecule has 94 valence electrons. The van der Waals surface area contributed by atoms with E-state index in [-0.39, 0.29) is 5.82 Å². The van der Waals surface area contributed by atoms with Crippen LogP contribution in [0, 0.1) is 5.82 Å². The zero-order valence-electron chi connectivity index (χ0n) is 10.0. The smallest absolute Gasteiger partial charge is 0.133 e. The highest BCUT2D eigenvalue weighted by molar-refractivity contribution is 6.43. The Labute approximate surface area is 116 Å². The van der Waals surface area contributed by atoms with Crippen molar-refractivity contribution in [1.29, 1.82) is 0 Å². The molecule has 2 rings (SSSR count). The Kier molecular flexibility index (Phi) is 3.79. The van der Waals surface area contributed by atoms with E-state index in [1.807, 2.05) is 25.1 Å². The predicted octanol–water partition coefficient (Wildman–Crippen LogP) is 4.87. The van der Waals surface area contributed by atoms with Gasteiger partial charge in [-0.15, -0.1) is 0 Å². The second-order valence-corrected chi connectivity index (χ2v) is 4.95. The van der Waals surface area contributed by atoms with Gasteiger partial charge in [-0.25, -0.2) is 4.39 Å². The monoisotopic (exact) mass is 283 g/mol. The van der Waals surface area contributed by atoms with Crippen LogP contribution in [-0.2, 0) is 0 Å². The Balaban J connectivity index is 2.55. The van der Waals surface area contributed by atoms with Gasteiger partial charge in [-0.05, 0) is 24.3 Å². The van der Waals surface area contributed by atoms with E-state index in [1.165, 1.54) is 6.07 Å². The van der Waals surface area contributed by atoms with Gasteiger partial charge in [0.1, 0.15) is 5.82 Å². The van der Waals surface area contributed by atoms with E-state index in [9.17, 15) is 4.39 Å². The molecule has 0 bridgehead atoms. The van der Waals surface area contributed by atoms with E-state index in [2.05, 4.69) is 0 Å². The first-order valence-corrected chi connectivity index (χ1v) is 6.17. The minimum atomic E-state index is -0.314. The first-order chi connectivity index (χ1) is 8.50. The van der Waals surface area contributed by atoms with Crippen molar-refractivity contribution in [2.75, 3.05) is 19.0 Å². The molecule has 0 aromatic heterocycles. The van der Waals surface area contributed by atoms with Gasteiger partial charge in [-0.2, -0.15) is 0 Å². The second kappa shape index (κ2) is 5.17. The topological polar surface area (TPSA) is 3.24 Å². The largest absolute Gasteiger partial charge is 0.378 e. The highest BCUT2D eigenvalue weighted by Crippen LogP contribution is 2.35. The molecule has 0 amide bonds. The van der Waals surface area contributed by atoms with Crippen molar-refractivity contribution in [2.24, 2.45) is 0 Å². The molecule has 0 radical (unpaired) electrons. The summed E-state index contributed by atoms with van der Waals surface area (Å²) >= 11 is 12.0. The lowest BCUT2D eigenvalue weighted by Gasteiger charge is -2.14. The first-order valence-electron chi connectivity index (χ1n) is 5.42. The van der Waals surface area contributed by atoms with E-state index >= 15 is 0 Å². The second-order valence-electron chi connectivity index (χ2n) is 4.16. The summed E-state index contributed by atoms with van der Waals surface area (Å²) in [5.41, 5.74) is 1.86. The van der Waals surface area contributed by atoms with Crippen LogP contribution in [0.5, 0.6) is 0 Å². The summed E-state index contributed by atoms with van der Waals surface area (Å²) in [5.74, 6) is -0.314. The average Bonchev–Trinajstić information content (AvgIpc) is 2.33. The Morgan fingerprint density at radius 3 is 2.33 bits per heavy atom. The van der Waals surface area contributed by atoms with Crippen molar-refractivity contribution < 1.29 is 4.39 Å². The number of nitrogens with zero attached hydrogens (tertiary/aromatic N) is 1. The first kappa shape index (κ1) is 13.2. The lowest BCUT2D eigenvalue weighted by Crippen LogP contribution is -2.08. The van der Waals surface area contributed by atoms with Crippen LogP contribution >= 0.6 is 23.2 Å². The van der Waals surface area contributed by atoms with Crippen LogP contribution in [-0.4, -0.2) is 14.1 Å². The Morgan fingerprint density at radius 2 is 1.72 bits per heavy atom. The van der Waals surface area contributed by atoms with Crippen LogP contribution in [0.3, 0.4) is 0 Å². The molecule has 18 heavy (non-hydrogen) atoms. The molecule has 0 aliphatic heterocycles. The van der Waals surface area contributed by atoms with Crippen molar-refractivity contribution in [2.45, 2.75) is 0 Å². The van der Waals surface area contributed by atoms with Crippen LogP contribution < -0.4 is 4.90 Å². The molecule has 1 nitrogen and oxygen atoms in total. The summed E-state index contributed by atoms with van der Waals surface area (Å²) in [6.45, 7) is 0. The minimum absolute atomic E-state index is 0.314. The third-order valence-corrected chi connectivity index (χ3v) is 3.53. The zero-order valence-corrected chi connectivity index (χ0v) is 11.6. The normalized spacial score (nSPS) is 10.5. The lowest BCUT2D eigenvalue weighted by atomic mass is 10.0. The predicted molar refractivity (Wildman–Crippen MR) is 76.2 cm³/mol. The quantitative estimate of drug-likeness (QED) is 0.760. The SMILES string of the molecule is CN(C)c1ccc(-c2cccc(Cl)c2Cl)c(F)c1. The van der Waals surface area contributed by atoms with Crippen LogP contribution in [0.25, 0.3) is 11.1 Å². The number of hydrogen-bond donors (Lipinski definition) is 0. The lowest BCUT2D eigenvalue weighted by molar-refractivity contribution is 0.631. The third kappa shape index (κ3) is 2.45. The molecule has 4 heteroatoms. The Hall–Kier alpha value is -1.25. The molecule has 2 aromatic rings. The van der Waals surface area contributed by atoms with Gasteiger partial charge in [0.25, 0.3) is 0 Å². The highest BCUT2D eigenvalue weighted by Gasteiger charge is 2.12. The van der Waals surface area contributed by atoms with Gasteiger partial charge in [0, 0.05) is 30.9 Å². The fourth-order valence-electron chi connectivity index (χ4n) is 1.71.